The Kier molecular flexibility index (Phi) is 7.06. The predicted octanol–water partition coefficient (Wildman–Crippen LogP) is 1.42. The van der Waals surface area contributed by atoms with E-state index in [9.17, 15) is 28.7 Å². The Morgan fingerprint density at radius 3 is 2.52 bits per heavy atom. The van der Waals surface area contributed by atoms with Gasteiger partial charge in [0.25, 0.3) is 5.91 Å². The third-order valence-corrected chi connectivity index (χ3v) is 5.69. The number of amides is 3. The number of benzene rings is 1. The second-order valence-corrected chi connectivity index (χ2v) is 9.62. The van der Waals surface area contributed by atoms with Crippen LogP contribution in [0.3, 0.4) is 0 Å². The van der Waals surface area contributed by atoms with Crippen LogP contribution in [0.15, 0.2) is 18.2 Å². The lowest BCUT2D eigenvalue weighted by Crippen LogP contribution is -2.52. The van der Waals surface area contributed by atoms with Crippen molar-refractivity contribution in [3.8, 4) is 0 Å². The first-order valence-electron chi connectivity index (χ1n) is 11.0. The summed E-state index contributed by atoms with van der Waals surface area (Å²) >= 11 is 0. The summed E-state index contributed by atoms with van der Waals surface area (Å²) in [7, 11) is 0. The minimum atomic E-state index is -1.18. The summed E-state index contributed by atoms with van der Waals surface area (Å²) in [6.45, 7) is 6.10. The molecule has 0 aliphatic carbocycles. The zero-order chi connectivity index (χ0) is 24.4. The van der Waals surface area contributed by atoms with Crippen molar-refractivity contribution in [3.05, 3.63) is 29.6 Å². The van der Waals surface area contributed by atoms with Crippen LogP contribution in [-0.2, 0) is 19.1 Å². The number of esters is 1. The lowest BCUT2D eigenvalue weighted by molar-refractivity contribution is -0.161. The Bertz CT molecular complexity index is 950. The van der Waals surface area contributed by atoms with Crippen LogP contribution in [0.25, 0.3) is 0 Å². The van der Waals surface area contributed by atoms with Gasteiger partial charge in [-0.05, 0) is 58.2 Å². The third-order valence-electron chi connectivity index (χ3n) is 5.69. The molecule has 3 rings (SSSR count). The number of carbonyl (C=O) groups excluding carboxylic acids is 4. The van der Waals surface area contributed by atoms with E-state index in [1.54, 1.807) is 26.8 Å². The molecule has 0 radical (unpaired) electrons. The van der Waals surface area contributed by atoms with E-state index in [1.807, 2.05) is 4.90 Å². The summed E-state index contributed by atoms with van der Waals surface area (Å²) in [4.78, 5) is 49.4. The number of halogens is 1. The highest BCUT2D eigenvalue weighted by Gasteiger charge is 2.36. The van der Waals surface area contributed by atoms with Crippen LogP contribution >= 0.6 is 0 Å². The summed E-state index contributed by atoms with van der Waals surface area (Å²) in [5.74, 6) is -2.95. The van der Waals surface area contributed by atoms with Crippen molar-refractivity contribution >= 4 is 29.4 Å². The minimum absolute atomic E-state index is 0.105. The van der Waals surface area contributed by atoms with Crippen molar-refractivity contribution in [2.45, 2.75) is 70.1 Å². The van der Waals surface area contributed by atoms with Crippen molar-refractivity contribution < 1.29 is 33.4 Å². The Hall–Kier alpha value is -3.01. The van der Waals surface area contributed by atoms with Crippen molar-refractivity contribution in [1.29, 1.82) is 0 Å². The lowest BCUT2D eigenvalue weighted by Gasteiger charge is -2.39. The number of imide groups is 1. The second kappa shape index (κ2) is 9.46. The van der Waals surface area contributed by atoms with E-state index in [4.69, 9.17) is 4.74 Å². The number of nitrogens with one attached hydrogen (secondary N) is 2. The average Bonchev–Trinajstić information content (AvgIpc) is 2.68. The number of hydrogen-bond acceptors (Lipinski definition) is 7. The summed E-state index contributed by atoms with van der Waals surface area (Å²) in [6.07, 6.45) is 0.784. The van der Waals surface area contributed by atoms with E-state index in [1.165, 1.54) is 12.1 Å². The van der Waals surface area contributed by atoms with Crippen molar-refractivity contribution in [1.82, 2.24) is 10.6 Å². The quantitative estimate of drug-likeness (QED) is 0.446. The molecule has 2 saturated heterocycles. The zero-order valence-corrected chi connectivity index (χ0v) is 19.1. The molecular weight excluding hydrogens is 433 g/mol. The van der Waals surface area contributed by atoms with Crippen LogP contribution in [0.5, 0.6) is 0 Å². The Labute approximate surface area is 191 Å². The van der Waals surface area contributed by atoms with Crippen molar-refractivity contribution in [2.75, 3.05) is 18.0 Å². The summed E-state index contributed by atoms with van der Waals surface area (Å²) in [6, 6.07) is 3.28. The Balaban J connectivity index is 1.58. The highest BCUT2D eigenvalue weighted by molar-refractivity contribution is 6.03. The van der Waals surface area contributed by atoms with Gasteiger partial charge in [0.05, 0.1) is 17.6 Å². The van der Waals surface area contributed by atoms with Gasteiger partial charge in [-0.15, -0.1) is 0 Å². The van der Waals surface area contributed by atoms with Gasteiger partial charge in [0.15, 0.2) is 0 Å². The average molecular weight is 464 g/mol. The van der Waals surface area contributed by atoms with Crippen LogP contribution in [-0.4, -0.2) is 59.1 Å². The molecule has 3 amide bonds. The molecule has 1 atom stereocenters. The molecule has 33 heavy (non-hydrogen) atoms. The number of nitrogens with zero attached hydrogens (tertiary/aromatic N) is 1. The fourth-order valence-corrected chi connectivity index (χ4v) is 3.96. The Morgan fingerprint density at radius 2 is 1.94 bits per heavy atom. The minimum Gasteiger partial charge on any atom is -0.460 e. The van der Waals surface area contributed by atoms with Gasteiger partial charge in [-0.3, -0.25) is 24.5 Å². The third kappa shape index (κ3) is 6.50. The van der Waals surface area contributed by atoms with Gasteiger partial charge in [0.1, 0.15) is 17.5 Å². The van der Waals surface area contributed by atoms with E-state index in [0.29, 0.717) is 31.6 Å². The molecule has 10 heteroatoms. The molecule has 0 bridgehead atoms. The fourth-order valence-electron chi connectivity index (χ4n) is 3.96. The van der Waals surface area contributed by atoms with Gasteiger partial charge in [0, 0.05) is 25.2 Å². The fraction of sp³-hybridized carbons (Fsp3) is 0.565. The molecule has 2 aliphatic heterocycles. The monoisotopic (exact) mass is 463 g/mol. The lowest BCUT2D eigenvalue weighted by atomic mass is 9.88. The van der Waals surface area contributed by atoms with E-state index < -0.39 is 46.8 Å². The highest BCUT2D eigenvalue weighted by atomic mass is 19.1. The topological polar surface area (TPSA) is 125 Å². The maximum Gasteiger partial charge on any atom is 0.309 e. The molecule has 1 aromatic rings. The molecule has 2 aliphatic rings. The normalized spacial score (nSPS) is 20.8. The van der Waals surface area contributed by atoms with Crippen LogP contribution in [0.4, 0.5) is 10.1 Å². The number of piperidine rings is 2. The maximum absolute atomic E-state index is 14.7. The van der Waals surface area contributed by atoms with Crippen LogP contribution in [0.1, 0.15) is 63.2 Å². The molecule has 0 spiro atoms. The largest absolute Gasteiger partial charge is 0.460 e. The van der Waals surface area contributed by atoms with Crippen LogP contribution < -0.4 is 15.5 Å². The van der Waals surface area contributed by atoms with Crippen LogP contribution in [0, 0.1) is 5.82 Å². The SMILES string of the molecule is CC(C)(C)OC(=O)CC1(O)CCN(c2ccc(C(=O)N[C@H]3CCC(=O)NC3=O)c(F)c2)CC1. The molecule has 9 nitrogen and oxygen atoms in total. The maximum atomic E-state index is 14.7. The molecule has 0 unspecified atom stereocenters. The molecular formula is C23H30FN3O6. The van der Waals surface area contributed by atoms with Gasteiger partial charge < -0.3 is 20.1 Å². The zero-order valence-electron chi connectivity index (χ0n) is 19.1. The van der Waals surface area contributed by atoms with E-state index in [2.05, 4.69) is 10.6 Å². The van der Waals surface area contributed by atoms with Crippen LogP contribution in [0.2, 0.25) is 0 Å². The molecule has 2 fully saturated rings. The molecule has 3 N–H and O–H groups in total. The number of ether oxygens (including phenoxy) is 1. The van der Waals surface area contributed by atoms with E-state index in [-0.39, 0.29) is 24.8 Å². The first-order valence-corrected chi connectivity index (χ1v) is 11.0. The summed E-state index contributed by atoms with van der Waals surface area (Å²) in [5.41, 5.74) is -1.47. The highest BCUT2D eigenvalue weighted by Crippen LogP contribution is 2.30. The smallest absolute Gasteiger partial charge is 0.309 e. The van der Waals surface area contributed by atoms with Gasteiger partial charge in [-0.1, -0.05) is 0 Å². The first-order chi connectivity index (χ1) is 15.3. The number of anilines is 1. The molecule has 1 aromatic carbocycles. The van der Waals surface area contributed by atoms with E-state index in [0.717, 1.165) is 0 Å². The van der Waals surface area contributed by atoms with Crippen molar-refractivity contribution in [3.63, 3.8) is 0 Å². The number of aliphatic hydroxyl groups is 1. The predicted molar refractivity (Wildman–Crippen MR) is 117 cm³/mol. The van der Waals surface area contributed by atoms with E-state index >= 15 is 0 Å². The molecule has 180 valence electrons. The van der Waals surface area contributed by atoms with Gasteiger partial charge in [0.2, 0.25) is 11.8 Å². The first kappa shape index (κ1) is 24.6. The molecule has 0 aromatic heterocycles. The second-order valence-electron chi connectivity index (χ2n) is 9.62. The van der Waals surface area contributed by atoms with Gasteiger partial charge >= 0.3 is 5.97 Å². The Morgan fingerprint density at radius 1 is 1.27 bits per heavy atom. The van der Waals surface area contributed by atoms with Gasteiger partial charge in [-0.2, -0.15) is 0 Å². The van der Waals surface area contributed by atoms with Crippen molar-refractivity contribution in [2.24, 2.45) is 0 Å². The molecule has 2 heterocycles. The number of hydrogen-bond donors (Lipinski definition) is 3. The summed E-state index contributed by atoms with van der Waals surface area (Å²) in [5, 5.41) is 15.4. The number of carbonyl (C=O) groups is 4. The standard InChI is InChI=1S/C23H30FN3O6/c1-22(2,3)33-19(29)13-23(32)8-10-27(11-9-23)14-4-5-15(16(24)12-14)20(30)25-17-6-7-18(28)26-21(17)31/h4-5,12,17,32H,6-11,13H2,1-3H3,(H,25,30)(H,26,28,31)/t17-/m0/s1. The van der Waals surface area contributed by atoms with Gasteiger partial charge in [-0.25, -0.2) is 4.39 Å². The number of rotatable bonds is 5. The summed E-state index contributed by atoms with van der Waals surface area (Å²) < 4.78 is 20.0. The molecule has 0 saturated carbocycles.